The Hall–Kier alpha value is -2.01. The summed E-state index contributed by atoms with van der Waals surface area (Å²) in [5, 5.41) is 0. The van der Waals surface area contributed by atoms with E-state index in [1.54, 1.807) is 31.4 Å². The van der Waals surface area contributed by atoms with Crippen LogP contribution in [0.4, 0.5) is 5.69 Å². The molecule has 2 aromatic carbocycles. The Morgan fingerprint density at radius 3 is 2.26 bits per heavy atom. The molecule has 0 radical (unpaired) electrons. The van der Waals surface area contributed by atoms with Crippen LogP contribution in [-0.2, 0) is 16.6 Å². The van der Waals surface area contributed by atoms with Gasteiger partial charge in [-0.3, -0.25) is 4.31 Å². The van der Waals surface area contributed by atoms with E-state index >= 15 is 0 Å². The van der Waals surface area contributed by atoms with E-state index < -0.39 is 10.0 Å². The van der Waals surface area contributed by atoms with Crippen LogP contribution >= 0.6 is 0 Å². The van der Waals surface area contributed by atoms with Gasteiger partial charge in [-0.15, -0.1) is 0 Å². The molecule has 0 bridgehead atoms. The first kappa shape index (κ1) is 17.3. The second-order valence-electron chi connectivity index (χ2n) is 5.87. The van der Waals surface area contributed by atoms with Crippen molar-refractivity contribution in [3.05, 3.63) is 59.7 Å². The van der Waals surface area contributed by atoms with Crippen LogP contribution in [0.2, 0.25) is 0 Å². The van der Waals surface area contributed by atoms with Gasteiger partial charge in [-0.1, -0.05) is 44.2 Å². The molecule has 0 heterocycles. The molecule has 0 saturated heterocycles. The van der Waals surface area contributed by atoms with Crippen molar-refractivity contribution in [2.24, 2.45) is 0 Å². The van der Waals surface area contributed by atoms with Crippen molar-refractivity contribution in [3.63, 3.8) is 0 Å². The highest BCUT2D eigenvalue weighted by molar-refractivity contribution is 7.92. The third kappa shape index (κ3) is 4.48. The average Bonchev–Trinajstić information content (AvgIpc) is 2.52. The first-order chi connectivity index (χ1) is 10.8. The standard InChI is InChI=1S/C18H23NO3S/c1-14(2)16-10-8-15(9-11-16)13-19(23(4,20)21)17-6-5-7-18(12-17)22-3/h5-12,14H,13H2,1-4H3. The van der Waals surface area contributed by atoms with Crippen LogP contribution in [0.1, 0.15) is 30.9 Å². The number of ether oxygens (including phenoxy) is 1. The summed E-state index contributed by atoms with van der Waals surface area (Å²) in [6.07, 6.45) is 1.22. The lowest BCUT2D eigenvalue weighted by molar-refractivity contribution is 0.415. The van der Waals surface area contributed by atoms with Crippen molar-refractivity contribution in [1.82, 2.24) is 0 Å². The van der Waals surface area contributed by atoms with E-state index in [0.29, 0.717) is 23.9 Å². The van der Waals surface area contributed by atoms with Crippen molar-refractivity contribution in [1.29, 1.82) is 0 Å². The number of benzene rings is 2. The van der Waals surface area contributed by atoms with Crippen LogP contribution in [0.15, 0.2) is 48.5 Å². The fourth-order valence-electron chi connectivity index (χ4n) is 2.34. The zero-order valence-corrected chi connectivity index (χ0v) is 14.8. The summed E-state index contributed by atoms with van der Waals surface area (Å²) >= 11 is 0. The molecule has 0 fully saturated rings. The molecule has 5 heteroatoms. The van der Waals surface area contributed by atoms with Crippen LogP contribution in [0.25, 0.3) is 0 Å². The van der Waals surface area contributed by atoms with Gasteiger partial charge in [0.1, 0.15) is 5.75 Å². The summed E-state index contributed by atoms with van der Waals surface area (Å²) in [5.74, 6) is 1.08. The van der Waals surface area contributed by atoms with Crippen molar-refractivity contribution in [3.8, 4) is 5.75 Å². The topological polar surface area (TPSA) is 46.6 Å². The quantitative estimate of drug-likeness (QED) is 0.808. The number of rotatable bonds is 6. The molecule has 2 aromatic rings. The molecule has 0 spiro atoms. The zero-order chi connectivity index (χ0) is 17.0. The minimum atomic E-state index is -3.39. The van der Waals surface area contributed by atoms with Crippen molar-refractivity contribution < 1.29 is 13.2 Å². The van der Waals surface area contributed by atoms with Gasteiger partial charge in [0.15, 0.2) is 0 Å². The molecule has 124 valence electrons. The van der Waals surface area contributed by atoms with Crippen molar-refractivity contribution >= 4 is 15.7 Å². The van der Waals surface area contributed by atoms with Gasteiger partial charge in [-0.2, -0.15) is 0 Å². The molecule has 0 aliphatic heterocycles. The molecule has 0 aliphatic carbocycles. The molecule has 0 amide bonds. The van der Waals surface area contributed by atoms with Crippen LogP contribution in [0.5, 0.6) is 5.75 Å². The summed E-state index contributed by atoms with van der Waals surface area (Å²) in [5.41, 5.74) is 2.78. The van der Waals surface area contributed by atoms with Gasteiger partial charge >= 0.3 is 0 Å². The zero-order valence-electron chi connectivity index (χ0n) is 14.0. The van der Waals surface area contributed by atoms with E-state index in [4.69, 9.17) is 4.74 Å². The summed E-state index contributed by atoms with van der Waals surface area (Å²) in [6.45, 7) is 4.56. The Kier molecular flexibility index (Phi) is 5.31. The number of methoxy groups -OCH3 is 1. The van der Waals surface area contributed by atoms with E-state index in [9.17, 15) is 8.42 Å². The molecule has 0 atom stereocenters. The molecule has 23 heavy (non-hydrogen) atoms. The fourth-order valence-corrected chi connectivity index (χ4v) is 3.22. The van der Waals surface area contributed by atoms with Crippen LogP contribution in [0, 0.1) is 0 Å². The van der Waals surface area contributed by atoms with Gasteiger partial charge in [-0.05, 0) is 29.2 Å². The van der Waals surface area contributed by atoms with E-state index in [1.165, 1.54) is 16.1 Å². The van der Waals surface area contributed by atoms with Gasteiger partial charge in [0, 0.05) is 6.07 Å². The maximum atomic E-state index is 12.2. The lowest BCUT2D eigenvalue weighted by Gasteiger charge is -2.23. The second-order valence-corrected chi connectivity index (χ2v) is 7.77. The summed E-state index contributed by atoms with van der Waals surface area (Å²) in [7, 11) is -1.83. The van der Waals surface area contributed by atoms with Gasteiger partial charge in [0.25, 0.3) is 0 Å². The summed E-state index contributed by atoms with van der Waals surface area (Å²) < 4.78 is 31.0. The maximum absolute atomic E-state index is 12.2. The maximum Gasteiger partial charge on any atom is 0.232 e. The Morgan fingerprint density at radius 1 is 1.09 bits per heavy atom. The van der Waals surface area contributed by atoms with E-state index in [1.807, 2.05) is 24.3 Å². The van der Waals surface area contributed by atoms with Gasteiger partial charge < -0.3 is 4.74 Å². The molecule has 0 N–H and O–H groups in total. The van der Waals surface area contributed by atoms with Gasteiger partial charge in [0.05, 0.1) is 25.6 Å². The summed E-state index contributed by atoms with van der Waals surface area (Å²) in [4.78, 5) is 0. The van der Waals surface area contributed by atoms with Crippen LogP contribution in [-0.4, -0.2) is 21.8 Å². The molecule has 4 nitrogen and oxygen atoms in total. The number of hydrogen-bond acceptors (Lipinski definition) is 3. The molecule has 0 aliphatic rings. The minimum Gasteiger partial charge on any atom is -0.497 e. The lowest BCUT2D eigenvalue weighted by Crippen LogP contribution is -2.29. The number of hydrogen-bond donors (Lipinski definition) is 0. The predicted octanol–water partition coefficient (Wildman–Crippen LogP) is 3.78. The Bertz CT molecular complexity index is 752. The Labute approximate surface area is 138 Å². The Morgan fingerprint density at radius 2 is 1.74 bits per heavy atom. The molecular formula is C18H23NO3S. The minimum absolute atomic E-state index is 0.296. The molecular weight excluding hydrogens is 310 g/mol. The van der Waals surface area contributed by atoms with E-state index in [2.05, 4.69) is 13.8 Å². The van der Waals surface area contributed by atoms with Crippen molar-refractivity contribution in [2.45, 2.75) is 26.3 Å². The number of nitrogens with zero attached hydrogens (tertiary/aromatic N) is 1. The molecule has 0 aromatic heterocycles. The van der Waals surface area contributed by atoms with Crippen LogP contribution < -0.4 is 9.04 Å². The largest absolute Gasteiger partial charge is 0.497 e. The highest BCUT2D eigenvalue weighted by atomic mass is 32.2. The average molecular weight is 333 g/mol. The van der Waals surface area contributed by atoms with E-state index in [0.717, 1.165) is 5.56 Å². The van der Waals surface area contributed by atoms with Gasteiger partial charge in [-0.25, -0.2) is 8.42 Å². The van der Waals surface area contributed by atoms with Gasteiger partial charge in [0.2, 0.25) is 10.0 Å². The number of anilines is 1. The highest BCUT2D eigenvalue weighted by Gasteiger charge is 2.18. The lowest BCUT2D eigenvalue weighted by atomic mass is 10.0. The first-order valence-electron chi connectivity index (χ1n) is 7.52. The number of sulfonamides is 1. The predicted molar refractivity (Wildman–Crippen MR) is 94.6 cm³/mol. The fraction of sp³-hybridized carbons (Fsp3) is 0.333. The normalized spacial score (nSPS) is 11.5. The monoisotopic (exact) mass is 333 g/mol. The molecule has 0 saturated carbocycles. The smallest absolute Gasteiger partial charge is 0.232 e. The van der Waals surface area contributed by atoms with E-state index in [-0.39, 0.29) is 0 Å². The first-order valence-corrected chi connectivity index (χ1v) is 9.36. The third-order valence-corrected chi connectivity index (χ3v) is 4.85. The SMILES string of the molecule is COc1cccc(N(Cc2ccc(C(C)C)cc2)S(C)(=O)=O)c1. The Balaban J connectivity index is 2.33. The van der Waals surface area contributed by atoms with Crippen molar-refractivity contribution in [2.75, 3.05) is 17.7 Å². The third-order valence-electron chi connectivity index (χ3n) is 3.71. The highest BCUT2D eigenvalue weighted by Crippen LogP contribution is 2.25. The second kappa shape index (κ2) is 7.04. The molecule has 2 rings (SSSR count). The van der Waals surface area contributed by atoms with Crippen LogP contribution in [0.3, 0.4) is 0 Å². The summed E-state index contributed by atoms with van der Waals surface area (Å²) in [6, 6.07) is 15.1. The molecule has 0 unspecified atom stereocenters.